The van der Waals surface area contributed by atoms with Crippen LogP contribution in [0.1, 0.15) is 5.56 Å². The van der Waals surface area contributed by atoms with Gasteiger partial charge in [0.2, 0.25) is 0 Å². The minimum atomic E-state index is 0.0500. The van der Waals surface area contributed by atoms with E-state index in [9.17, 15) is 0 Å². The molecule has 13 heavy (non-hydrogen) atoms. The van der Waals surface area contributed by atoms with Gasteiger partial charge in [-0.1, -0.05) is 6.07 Å². The van der Waals surface area contributed by atoms with Crippen molar-refractivity contribution in [3.63, 3.8) is 0 Å². The second kappa shape index (κ2) is 3.05. The first-order valence-corrected chi connectivity index (χ1v) is 4.42. The van der Waals surface area contributed by atoms with Gasteiger partial charge in [-0.05, 0) is 17.7 Å². The number of thiol groups is 1. The van der Waals surface area contributed by atoms with Gasteiger partial charge >= 0.3 is 0 Å². The number of imidazole rings is 1. The summed E-state index contributed by atoms with van der Waals surface area (Å²) in [5.41, 5.74) is 2.78. The Balaban J connectivity index is 2.73. The highest BCUT2D eigenvalue weighted by Gasteiger charge is 2.04. The molecule has 0 radical (unpaired) electrons. The highest BCUT2D eigenvalue weighted by Crippen LogP contribution is 2.18. The lowest BCUT2D eigenvalue weighted by Gasteiger charge is -1.97. The molecule has 0 saturated heterocycles. The first-order chi connectivity index (χ1) is 6.22. The molecule has 1 aromatic heterocycles. The molecule has 0 amide bonds. The number of hydrogen-bond donors (Lipinski definition) is 2. The summed E-state index contributed by atoms with van der Waals surface area (Å²) < 4.78 is 1.90. The van der Waals surface area contributed by atoms with Crippen molar-refractivity contribution < 1.29 is 5.11 Å². The molecule has 0 spiro atoms. The summed E-state index contributed by atoms with van der Waals surface area (Å²) in [6, 6.07) is 5.69. The molecule has 2 rings (SSSR count). The molecule has 0 aliphatic carbocycles. The monoisotopic (exact) mass is 194 g/mol. The summed E-state index contributed by atoms with van der Waals surface area (Å²) in [7, 11) is 1.91. The lowest BCUT2D eigenvalue weighted by atomic mass is 10.2. The van der Waals surface area contributed by atoms with E-state index in [0.29, 0.717) is 5.16 Å². The van der Waals surface area contributed by atoms with Gasteiger partial charge in [0.15, 0.2) is 5.16 Å². The van der Waals surface area contributed by atoms with Crippen LogP contribution in [0.2, 0.25) is 0 Å². The molecule has 0 saturated carbocycles. The molecule has 2 aromatic rings. The van der Waals surface area contributed by atoms with Crippen LogP contribution in [-0.2, 0) is 13.7 Å². The van der Waals surface area contributed by atoms with E-state index < -0.39 is 0 Å². The van der Waals surface area contributed by atoms with E-state index in [1.165, 1.54) is 0 Å². The largest absolute Gasteiger partial charge is 0.392 e. The molecule has 0 aliphatic heterocycles. The van der Waals surface area contributed by atoms with Crippen LogP contribution in [-0.4, -0.2) is 14.7 Å². The highest BCUT2D eigenvalue weighted by molar-refractivity contribution is 7.80. The van der Waals surface area contributed by atoms with Crippen LogP contribution in [0, 0.1) is 0 Å². The predicted molar refractivity (Wildman–Crippen MR) is 53.9 cm³/mol. The molecule has 0 fully saturated rings. The van der Waals surface area contributed by atoms with Crippen molar-refractivity contribution in [2.45, 2.75) is 11.8 Å². The zero-order valence-corrected chi connectivity index (χ0v) is 8.12. The van der Waals surface area contributed by atoms with Gasteiger partial charge in [0, 0.05) is 7.05 Å². The van der Waals surface area contributed by atoms with Crippen molar-refractivity contribution >= 4 is 23.7 Å². The standard InChI is InChI=1S/C9H10N2OS/c1-11-8-3-2-6(5-12)4-7(8)10-9(11)13/h2-4,12H,5H2,1H3,(H,10,13). The van der Waals surface area contributed by atoms with Crippen LogP contribution in [0.3, 0.4) is 0 Å². The van der Waals surface area contributed by atoms with Gasteiger partial charge in [-0.25, -0.2) is 4.98 Å². The predicted octanol–water partition coefficient (Wildman–Crippen LogP) is 1.35. The second-order valence-electron chi connectivity index (χ2n) is 2.95. The van der Waals surface area contributed by atoms with Crippen molar-refractivity contribution in [2.75, 3.05) is 0 Å². The summed E-state index contributed by atoms with van der Waals surface area (Å²) in [5, 5.41) is 9.60. The number of aliphatic hydroxyl groups excluding tert-OH is 1. The normalized spacial score (nSPS) is 11.0. The molecule has 1 aromatic carbocycles. The first kappa shape index (κ1) is 8.59. The zero-order valence-electron chi connectivity index (χ0n) is 7.23. The van der Waals surface area contributed by atoms with E-state index in [1.54, 1.807) is 0 Å². The van der Waals surface area contributed by atoms with Gasteiger partial charge in [0.1, 0.15) is 0 Å². The number of benzene rings is 1. The Morgan fingerprint density at radius 1 is 1.54 bits per heavy atom. The van der Waals surface area contributed by atoms with Crippen molar-refractivity contribution in [2.24, 2.45) is 7.05 Å². The Labute approximate surface area is 81.4 Å². The Morgan fingerprint density at radius 3 is 3.00 bits per heavy atom. The van der Waals surface area contributed by atoms with E-state index in [1.807, 2.05) is 29.8 Å². The lowest BCUT2D eigenvalue weighted by Crippen LogP contribution is -1.87. The van der Waals surface area contributed by atoms with Gasteiger partial charge < -0.3 is 9.67 Å². The minimum Gasteiger partial charge on any atom is -0.392 e. The number of aromatic nitrogens is 2. The van der Waals surface area contributed by atoms with E-state index in [-0.39, 0.29) is 6.61 Å². The summed E-state index contributed by atoms with van der Waals surface area (Å²) in [4.78, 5) is 4.24. The highest BCUT2D eigenvalue weighted by atomic mass is 32.1. The Kier molecular flexibility index (Phi) is 2.01. The molecular formula is C9H10N2OS. The number of fused-ring (bicyclic) bond motifs is 1. The number of aliphatic hydroxyl groups is 1. The van der Waals surface area contributed by atoms with Crippen molar-refractivity contribution in [3.05, 3.63) is 23.8 Å². The average Bonchev–Trinajstić information content (AvgIpc) is 2.42. The maximum atomic E-state index is 8.92. The topological polar surface area (TPSA) is 38.0 Å². The number of hydrogen-bond acceptors (Lipinski definition) is 3. The van der Waals surface area contributed by atoms with Crippen LogP contribution in [0.4, 0.5) is 0 Å². The van der Waals surface area contributed by atoms with Crippen molar-refractivity contribution in [1.82, 2.24) is 9.55 Å². The fourth-order valence-corrected chi connectivity index (χ4v) is 1.55. The van der Waals surface area contributed by atoms with Gasteiger partial charge in [0.05, 0.1) is 17.6 Å². The number of aryl methyl sites for hydroxylation is 1. The Morgan fingerprint density at radius 2 is 2.31 bits per heavy atom. The van der Waals surface area contributed by atoms with Gasteiger partial charge in [-0.15, -0.1) is 12.6 Å². The van der Waals surface area contributed by atoms with Crippen LogP contribution >= 0.6 is 12.6 Å². The fourth-order valence-electron chi connectivity index (χ4n) is 1.33. The summed E-state index contributed by atoms with van der Waals surface area (Å²) >= 11 is 4.21. The molecule has 3 nitrogen and oxygen atoms in total. The van der Waals surface area contributed by atoms with Gasteiger partial charge in [0.25, 0.3) is 0 Å². The molecule has 4 heteroatoms. The maximum absolute atomic E-state index is 8.92. The van der Waals surface area contributed by atoms with Crippen LogP contribution in [0.5, 0.6) is 0 Å². The third kappa shape index (κ3) is 1.32. The van der Waals surface area contributed by atoms with Crippen LogP contribution in [0.25, 0.3) is 11.0 Å². The number of nitrogens with zero attached hydrogens (tertiary/aromatic N) is 2. The third-order valence-electron chi connectivity index (χ3n) is 2.10. The van der Waals surface area contributed by atoms with Gasteiger partial charge in [-0.2, -0.15) is 0 Å². The SMILES string of the molecule is Cn1c(S)nc2cc(CO)ccc21. The third-order valence-corrected chi connectivity index (χ3v) is 2.50. The summed E-state index contributed by atoms with van der Waals surface area (Å²) in [5.74, 6) is 0. The van der Waals surface area contributed by atoms with Crippen molar-refractivity contribution in [3.8, 4) is 0 Å². The van der Waals surface area contributed by atoms with Gasteiger partial charge in [-0.3, -0.25) is 0 Å². The van der Waals surface area contributed by atoms with Crippen molar-refractivity contribution in [1.29, 1.82) is 0 Å². The number of rotatable bonds is 1. The first-order valence-electron chi connectivity index (χ1n) is 3.97. The fraction of sp³-hybridized carbons (Fsp3) is 0.222. The minimum absolute atomic E-state index is 0.0500. The molecular weight excluding hydrogens is 184 g/mol. The van der Waals surface area contributed by atoms with E-state index in [4.69, 9.17) is 5.11 Å². The summed E-state index contributed by atoms with van der Waals surface area (Å²) in [6.45, 7) is 0.0500. The molecule has 0 aliphatic rings. The average molecular weight is 194 g/mol. The van der Waals surface area contributed by atoms with Crippen LogP contribution < -0.4 is 0 Å². The lowest BCUT2D eigenvalue weighted by molar-refractivity contribution is 0.282. The van der Waals surface area contributed by atoms with E-state index in [0.717, 1.165) is 16.6 Å². The van der Waals surface area contributed by atoms with E-state index in [2.05, 4.69) is 17.6 Å². The second-order valence-corrected chi connectivity index (χ2v) is 3.35. The zero-order chi connectivity index (χ0) is 9.42. The maximum Gasteiger partial charge on any atom is 0.165 e. The summed E-state index contributed by atoms with van der Waals surface area (Å²) in [6.07, 6.45) is 0. The molecule has 1 heterocycles. The smallest absolute Gasteiger partial charge is 0.165 e. The Bertz CT molecular complexity index is 450. The molecule has 0 bridgehead atoms. The molecule has 1 N–H and O–H groups in total. The Hall–Kier alpha value is -1.00. The molecule has 0 atom stereocenters. The molecule has 0 unspecified atom stereocenters. The molecule has 68 valence electrons. The quantitative estimate of drug-likeness (QED) is 0.673. The van der Waals surface area contributed by atoms with E-state index >= 15 is 0 Å². The van der Waals surface area contributed by atoms with Crippen LogP contribution in [0.15, 0.2) is 23.4 Å².